The smallest absolute Gasteiger partial charge is 0.233 e. The molecule has 0 radical (unpaired) electrons. The van der Waals surface area contributed by atoms with Gasteiger partial charge in [0.25, 0.3) is 0 Å². The highest BCUT2D eigenvalue weighted by Crippen LogP contribution is 2.32. The molecule has 2 aromatic rings. The van der Waals surface area contributed by atoms with E-state index in [0.717, 1.165) is 18.4 Å². The molecule has 6 nitrogen and oxygen atoms in total. The third-order valence-electron chi connectivity index (χ3n) is 3.95. The van der Waals surface area contributed by atoms with E-state index in [-0.39, 0.29) is 23.3 Å². The standard InChI is InChI=1S/C17H20N4O2S/c1-2-3-9-24(23)17-19-15(18)13-10-14(22)21(16(13)20-17)11-12-7-5-4-6-8-12/h4-8H,2-3,9-11H2,1H3,(H2,18,19,20). The van der Waals surface area contributed by atoms with Gasteiger partial charge in [-0.3, -0.25) is 13.9 Å². The second kappa shape index (κ2) is 7.09. The van der Waals surface area contributed by atoms with Gasteiger partial charge in [0.2, 0.25) is 11.1 Å². The van der Waals surface area contributed by atoms with Crippen molar-refractivity contribution in [3.8, 4) is 0 Å². The highest BCUT2D eigenvalue weighted by atomic mass is 32.2. The van der Waals surface area contributed by atoms with Crippen molar-refractivity contribution in [1.29, 1.82) is 0 Å². The maximum Gasteiger partial charge on any atom is 0.233 e. The molecule has 7 heteroatoms. The van der Waals surface area contributed by atoms with Crippen LogP contribution in [0.25, 0.3) is 0 Å². The summed E-state index contributed by atoms with van der Waals surface area (Å²) < 4.78 is 12.3. The van der Waals surface area contributed by atoms with Gasteiger partial charge in [-0.1, -0.05) is 43.7 Å². The molecule has 2 N–H and O–H groups in total. The first-order valence-corrected chi connectivity index (χ1v) is 9.31. The van der Waals surface area contributed by atoms with Crippen molar-refractivity contribution >= 4 is 28.3 Å². The van der Waals surface area contributed by atoms with Gasteiger partial charge in [-0.2, -0.15) is 0 Å². The number of nitrogens with zero attached hydrogens (tertiary/aromatic N) is 3. The number of fused-ring (bicyclic) bond motifs is 1. The third-order valence-corrected chi connectivity index (χ3v) is 5.20. The number of amides is 1. The van der Waals surface area contributed by atoms with Crippen molar-refractivity contribution in [2.75, 3.05) is 16.4 Å². The normalized spacial score (nSPS) is 14.7. The minimum atomic E-state index is -1.30. The predicted octanol–water partition coefficient (Wildman–Crippen LogP) is 2.06. The Kier molecular flexibility index (Phi) is 4.89. The van der Waals surface area contributed by atoms with E-state index in [4.69, 9.17) is 5.73 Å². The van der Waals surface area contributed by atoms with Crippen molar-refractivity contribution < 1.29 is 9.00 Å². The molecule has 1 amide bonds. The van der Waals surface area contributed by atoms with Crippen molar-refractivity contribution in [2.24, 2.45) is 0 Å². The molecule has 0 saturated heterocycles. The van der Waals surface area contributed by atoms with E-state index in [9.17, 15) is 9.00 Å². The Bertz CT molecular complexity index is 780. The van der Waals surface area contributed by atoms with Crippen LogP contribution in [0.15, 0.2) is 35.5 Å². The highest BCUT2D eigenvalue weighted by Gasteiger charge is 2.32. The number of nitrogens with two attached hydrogens (primary N) is 1. The van der Waals surface area contributed by atoms with Gasteiger partial charge in [0.05, 0.1) is 23.8 Å². The third kappa shape index (κ3) is 3.31. The Morgan fingerprint density at radius 2 is 2.00 bits per heavy atom. The Morgan fingerprint density at radius 1 is 1.25 bits per heavy atom. The Morgan fingerprint density at radius 3 is 2.71 bits per heavy atom. The summed E-state index contributed by atoms with van der Waals surface area (Å²) in [5.41, 5.74) is 7.63. The Labute approximate surface area is 143 Å². The first-order valence-electron chi connectivity index (χ1n) is 7.99. The lowest BCUT2D eigenvalue weighted by Crippen LogP contribution is -2.27. The fraction of sp³-hybridized carbons (Fsp3) is 0.353. The van der Waals surface area contributed by atoms with Gasteiger partial charge in [0.1, 0.15) is 11.6 Å². The summed E-state index contributed by atoms with van der Waals surface area (Å²) in [6.07, 6.45) is 1.97. The zero-order valence-corrected chi connectivity index (χ0v) is 14.4. The van der Waals surface area contributed by atoms with Gasteiger partial charge in [-0.25, -0.2) is 9.97 Å². The van der Waals surface area contributed by atoms with E-state index >= 15 is 0 Å². The van der Waals surface area contributed by atoms with Gasteiger partial charge in [0, 0.05) is 11.3 Å². The summed E-state index contributed by atoms with van der Waals surface area (Å²) in [5.74, 6) is 1.19. The minimum absolute atomic E-state index is 0.0636. The quantitative estimate of drug-likeness (QED) is 0.810. The largest absolute Gasteiger partial charge is 0.383 e. The lowest BCUT2D eigenvalue weighted by atomic mass is 10.2. The Balaban J connectivity index is 1.92. The number of rotatable bonds is 6. The monoisotopic (exact) mass is 344 g/mol. The van der Waals surface area contributed by atoms with Crippen LogP contribution in [0.3, 0.4) is 0 Å². The number of carbonyl (C=O) groups is 1. The number of nitrogen functional groups attached to an aromatic ring is 1. The van der Waals surface area contributed by atoms with Crippen molar-refractivity contribution in [2.45, 2.75) is 37.9 Å². The second-order valence-corrected chi connectivity index (χ2v) is 7.20. The maximum absolute atomic E-state index is 12.4. The second-order valence-electron chi connectivity index (χ2n) is 5.74. The number of carbonyl (C=O) groups excluding carboxylic acids is 1. The van der Waals surface area contributed by atoms with Crippen molar-refractivity contribution in [3.05, 3.63) is 41.5 Å². The lowest BCUT2D eigenvalue weighted by molar-refractivity contribution is -0.117. The van der Waals surface area contributed by atoms with E-state index in [1.165, 1.54) is 0 Å². The number of benzene rings is 1. The molecule has 3 rings (SSSR count). The van der Waals surface area contributed by atoms with Crippen molar-refractivity contribution in [3.63, 3.8) is 0 Å². The Hall–Kier alpha value is -2.28. The predicted molar refractivity (Wildman–Crippen MR) is 94.0 cm³/mol. The molecule has 0 saturated carbocycles. The molecule has 126 valence electrons. The number of hydrogen-bond acceptors (Lipinski definition) is 5. The van der Waals surface area contributed by atoms with E-state index in [1.54, 1.807) is 4.90 Å². The highest BCUT2D eigenvalue weighted by molar-refractivity contribution is 7.84. The zero-order valence-electron chi connectivity index (χ0n) is 13.6. The molecule has 0 aliphatic carbocycles. The molecule has 1 aliphatic heterocycles. The topological polar surface area (TPSA) is 89.2 Å². The van der Waals surface area contributed by atoms with Gasteiger partial charge in [-0.15, -0.1) is 0 Å². The minimum Gasteiger partial charge on any atom is -0.383 e. The summed E-state index contributed by atoms with van der Waals surface area (Å²) in [4.78, 5) is 22.5. The van der Waals surface area contributed by atoms with Crippen molar-refractivity contribution in [1.82, 2.24) is 9.97 Å². The van der Waals surface area contributed by atoms with Crippen LogP contribution in [-0.2, 0) is 28.6 Å². The summed E-state index contributed by atoms with van der Waals surface area (Å²) in [7, 11) is -1.30. The van der Waals surface area contributed by atoms with Gasteiger partial charge in [0.15, 0.2) is 0 Å². The van der Waals surface area contributed by atoms with E-state index in [2.05, 4.69) is 9.97 Å². The van der Waals surface area contributed by atoms with Crippen LogP contribution in [0.1, 0.15) is 30.9 Å². The number of hydrogen-bond donors (Lipinski definition) is 1. The SMILES string of the molecule is CCCCS(=O)c1nc(N)c2c(n1)N(Cc1ccccc1)C(=O)C2. The van der Waals surface area contributed by atoms with E-state index in [0.29, 0.717) is 23.7 Å². The lowest BCUT2D eigenvalue weighted by Gasteiger charge is -2.17. The molecule has 1 aromatic heterocycles. The fourth-order valence-electron chi connectivity index (χ4n) is 2.62. The summed E-state index contributed by atoms with van der Waals surface area (Å²) in [6, 6.07) is 9.69. The van der Waals surface area contributed by atoms with Gasteiger partial charge in [-0.05, 0) is 12.0 Å². The average Bonchev–Trinajstić information content (AvgIpc) is 2.90. The van der Waals surface area contributed by atoms with Crippen LogP contribution in [-0.4, -0.2) is 25.8 Å². The molecule has 1 unspecified atom stereocenters. The first kappa shape index (κ1) is 16.6. The van der Waals surface area contributed by atoms with Gasteiger partial charge < -0.3 is 5.73 Å². The molecular formula is C17H20N4O2S. The van der Waals surface area contributed by atoms with Crippen LogP contribution >= 0.6 is 0 Å². The fourth-order valence-corrected chi connectivity index (χ4v) is 3.75. The first-order chi connectivity index (χ1) is 11.6. The molecule has 0 bridgehead atoms. The molecule has 0 spiro atoms. The molecule has 1 atom stereocenters. The van der Waals surface area contributed by atoms with E-state index < -0.39 is 10.8 Å². The number of anilines is 2. The average molecular weight is 344 g/mol. The molecule has 1 aliphatic rings. The van der Waals surface area contributed by atoms with E-state index in [1.807, 2.05) is 37.3 Å². The zero-order chi connectivity index (χ0) is 17.1. The van der Waals surface area contributed by atoms with Crippen LogP contribution in [0.2, 0.25) is 0 Å². The number of unbranched alkanes of at least 4 members (excludes halogenated alkanes) is 1. The maximum atomic E-state index is 12.4. The molecular weight excluding hydrogens is 324 g/mol. The molecule has 1 aromatic carbocycles. The molecule has 2 heterocycles. The molecule has 0 fully saturated rings. The summed E-state index contributed by atoms with van der Waals surface area (Å²) in [6.45, 7) is 2.46. The van der Waals surface area contributed by atoms with Crippen LogP contribution in [0.5, 0.6) is 0 Å². The summed E-state index contributed by atoms with van der Waals surface area (Å²) >= 11 is 0. The van der Waals surface area contributed by atoms with Gasteiger partial charge >= 0.3 is 0 Å². The van der Waals surface area contributed by atoms with Crippen LogP contribution in [0, 0.1) is 0 Å². The number of aromatic nitrogens is 2. The van der Waals surface area contributed by atoms with Crippen LogP contribution < -0.4 is 10.6 Å². The summed E-state index contributed by atoms with van der Waals surface area (Å²) in [5, 5.41) is 0.215. The molecule has 24 heavy (non-hydrogen) atoms. The van der Waals surface area contributed by atoms with Crippen LogP contribution in [0.4, 0.5) is 11.6 Å².